The van der Waals surface area contributed by atoms with Gasteiger partial charge in [-0.2, -0.15) is 0 Å². The molecule has 2 bridgehead atoms. The molecule has 3 aliphatic heterocycles. The SMILES string of the molecule is Cc1sc(CO)cc1S(=O)(=O)NC1CN2CCC1CC2. The summed E-state index contributed by atoms with van der Waals surface area (Å²) >= 11 is 1.34. The van der Waals surface area contributed by atoms with Crippen LogP contribution in [0.15, 0.2) is 11.0 Å². The van der Waals surface area contributed by atoms with Crippen LogP contribution < -0.4 is 4.72 Å². The van der Waals surface area contributed by atoms with Gasteiger partial charge in [0.2, 0.25) is 10.0 Å². The Labute approximate surface area is 123 Å². The number of aliphatic hydroxyl groups excluding tert-OH is 1. The van der Waals surface area contributed by atoms with Crippen molar-refractivity contribution in [2.45, 2.75) is 37.3 Å². The van der Waals surface area contributed by atoms with Gasteiger partial charge in [-0.1, -0.05) is 0 Å². The predicted molar refractivity (Wildman–Crippen MR) is 78.3 cm³/mol. The van der Waals surface area contributed by atoms with Gasteiger partial charge in [-0.3, -0.25) is 0 Å². The second-order valence-electron chi connectivity index (χ2n) is 5.66. The summed E-state index contributed by atoms with van der Waals surface area (Å²) in [6.45, 7) is 4.68. The molecule has 3 aliphatic rings. The first-order valence-electron chi connectivity index (χ1n) is 6.94. The Balaban J connectivity index is 1.80. The summed E-state index contributed by atoms with van der Waals surface area (Å²) in [7, 11) is -3.48. The smallest absolute Gasteiger partial charge is 0.241 e. The normalized spacial score (nSPS) is 29.8. The number of nitrogens with zero attached hydrogens (tertiary/aromatic N) is 1. The largest absolute Gasteiger partial charge is 0.391 e. The topological polar surface area (TPSA) is 69.6 Å². The van der Waals surface area contributed by atoms with E-state index in [4.69, 9.17) is 5.11 Å². The number of nitrogens with one attached hydrogen (secondary N) is 1. The van der Waals surface area contributed by atoms with Crippen LogP contribution in [0.3, 0.4) is 0 Å². The van der Waals surface area contributed by atoms with E-state index in [0.29, 0.717) is 15.7 Å². The number of piperidine rings is 3. The van der Waals surface area contributed by atoms with Crippen LogP contribution in [0.2, 0.25) is 0 Å². The van der Waals surface area contributed by atoms with Gasteiger partial charge in [0.15, 0.2) is 0 Å². The number of thiophene rings is 1. The molecule has 0 saturated carbocycles. The number of sulfonamides is 1. The lowest BCUT2D eigenvalue weighted by Crippen LogP contribution is -2.57. The predicted octanol–water partition coefficient (Wildman–Crippen LogP) is 0.921. The van der Waals surface area contributed by atoms with Crippen LogP contribution in [-0.4, -0.2) is 44.1 Å². The molecule has 7 heteroatoms. The van der Waals surface area contributed by atoms with Crippen molar-refractivity contribution in [3.8, 4) is 0 Å². The van der Waals surface area contributed by atoms with Crippen LogP contribution in [0, 0.1) is 12.8 Å². The third-order valence-corrected chi connectivity index (χ3v) is 7.11. The summed E-state index contributed by atoms with van der Waals surface area (Å²) in [4.78, 5) is 4.08. The van der Waals surface area contributed by atoms with E-state index < -0.39 is 10.0 Å². The molecule has 3 fully saturated rings. The Morgan fingerprint density at radius 1 is 1.45 bits per heavy atom. The third kappa shape index (κ3) is 2.65. The molecule has 0 aromatic carbocycles. The number of hydrogen-bond donors (Lipinski definition) is 2. The molecule has 1 aromatic rings. The fourth-order valence-electron chi connectivity index (χ4n) is 3.23. The average molecular weight is 316 g/mol. The van der Waals surface area contributed by atoms with Gasteiger partial charge in [0.1, 0.15) is 0 Å². The zero-order chi connectivity index (χ0) is 14.3. The molecule has 4 rings (SSSR count). The summed E-state index contributed by atoms with van der Waals surface area (Å²) in [6.07, 6.45) is 2.16. The van der Waals surface area contributed by atoms with E-state index >= 15 is 0 Å². The molecule has 2 N–H and O–H groups in total. The molecule has 1 unspecified atom stereocenters. The maximum Gasteiger partial charge on any atom is 0.241 e. The highest BCUT2D eigenvalue weighted by Gasteiger charge is 2.37. The average Bonchev–Trinajstić information content (AvgIpc) is 2.82. The van der Waals surface area contributed by atoms with Crippen molar-refractivity contribution in [2.24, 2.45) is 5.92 Å². The minimum Gasteiger partial charge on any atom is -0.391 e. The number of fused-ring (bicyclic) bond motifs is 3. The molecule has 0 aliphatic carbocycles. The van der Waals surface area contributed by atoms with E-state index in [0.717, 1.165) is 37.4 Å². The zero-order valence-corrected chi connectivity index (χ0v) is 13.1. The van der Waals surface area contributed by atoms with Crippen molar-refractivity contribution in [1.82, 2.24) is 9.62 Å². The fourth-order valence-corrected chi connectivity index (χ4v) is 6.02. The molecule has 112 valence electrons. The van der Waals surface area contributed by atoms with E-state index in [9.17, 15) is 8.42 Å². The Hall–Kier alpha value is -0.470. The maximum absolute atomic E-state index is 12.5. The van der Waals surface area contributed by atoms with Crippen LogP contribution in [0.25, 0.3) is 0 Å². The van der Waals surface area contributed by atoms with Crippen LogP contribution in [0.5, 0.6) is 0 Å². The summed E-state index contributed by atoms with van der Waals surface area (Å²) < 4.78 is 27.9. The van der Waals surface area contributed by atoms with Gasteiger partial charge in [-0.05, 0) is 44.8 Å². The Morgan fingerprint density at radius 2 is 2.15 bits per heavy atom. The molecule has 0 amide bonds. The highest BCUT2D eigenvalue weighted by molar-refractivity contribution is 7.89. The molecule has 20 heavy (non-hydrogen) atoms. The highest BCUT2D eigenvalue weighted by atomic mass is 32.2. The van der Waals surface area contributed by atoms with Gasteiger partial charge in [0.05, 0.1) is 11.5 Å². The molecule has 5 nitrogen and oxygen atoms in total. The highest BCUT2D eigenvalue weighted by Crippen LogP contribution is 2.30. The van der Waals surface area contributed by atoms with Gasteiger partial charge in [-0.15, -0.1) is 11.3 Å². The molecular weight excluding hydrogens is 296 g/mol. The van der Waals surface area contributed by atoms with E-state index in [1.165, 1.54) is 11.3 Å². The van der Waals surface area contributed by atoms with Crippen molar-refractivity contribution in [2.75, 3.05) is 19.6 Å². The van der Waals surface area contributed by atoms with E-state index in [1.54, 1.807) is 13.0 Å². The lowest BCUT2D eigenvalue weighted by Gasteiger charge is -2.44. The Morgan fingerprint density at radius 3 is 2.65 bits per heavy atom. The third-order valence-electron chi connectivity index (χ3n) is 4.33. The number of aryl methyl sites for hydroxylation is 1. The molecule has 1 atom stereocenters. The van der Waals surface area contributed by atoms with E-state index in [-0.39, 0.29) is 12.6 Å². The first-order chi connectivity index (χ1) is 9.49. The number of aliphatic hydroxyl groups is 1. The quantitative estimate of drug-likeness (QED) is 0.867. The lowest BCUT2D eigenvalue weighted by atomic mass is 9.85. The van der Waals surface area contributed by atoms with E-state index in [1.807, 2.05) is 0 Å². The van der Waals surface area contributed by atoms with Crippen molar-refractivity contribution >= 4 is 21.4 Å². The zero-order valence-electron chi connectivity index (χ0n) is 11.5. The summed E-state index contributed by atoms with van der Waals surface area (Å²) in [6, 6.07) is 1.61. The molecule has 0 spiro atoms. The molecule has 0 radical (unpaired) electrons. The Bertz CT molecular complexity index is 589. The van der Waals surface area contributed by atoms with Crippen LogP contribution in [0.4, 0.5) is 0 Å². The van der Waals surface area contributed by atoms with Crippen molar-refractivity contribution in [3.63, 3.8) is 0 Å². The summed E-state index contributed by atoms with van der Waals surface area (Å²) in [5.41, 5.74) is 0. The minimum absolute atomic E-state index is 0.0272. The van der Waals surface area contributed by atoms with Crippen molar-refractivity contribution in [1.29, 1.82) is 0 Å². The van der Waals surface area contributed by atoms with E-state index in [2.05, 4.69) is 9.62 Å². The molecular formula is C13H20N2O3S2. The standard InChI is InChI=1S/C13H20N2O3S2/c1-9-13(6-11(8-16)19-9)20(17,18)14-12-7-15-4-2-10(12)3-5-15/h6,10,12,14,16H,2-5,7-8H2,1H3. The van der Waals surface area contributed by atoms with Gasteiger partial charge >= 0.3 is 0 Å². The number of rotatable bonds is 4. The van der Waals surface area contributed by atoms with Gasteiger partial charge in [0.25, 0.3) is 0 Å². The lowest BCUT2D eigenvalue weighted by molar-refractivity contribution is 0.0827. The second-order valence-corrected chi connectivity index (χ2v) is 8.68. The fraction of sp³-hybridized carbons (Fsp3) is 0.692. The first kappa shape index (κ1) is 14.5. The number of hydrogen-bond acceptors (Lipinski definition) is 5. The molecule has 4 heterocycles. The Kier molecular flexibility index (Phi) is 3.89. The molecule has 3 saturated heterocycles. The van der Waals surface area contributed by atoms with Gasteiger partial charge in [0, 0.05) is 22.3 Å². The van der Waals surface area contributed by atoms with Crippen molar-refractivity contribution in [3.05, 3.63) is 15.8 Å². The monoisotopic (exact) mass is 316 g/mol. The second kappa shape index (κ2) is 5.38. The van der Waals surface area contributed by atoms with Gasteiger partial charge < -0.3 is 10.0 Å². The minimum atomic E-state index is -3.48. The van der Waals surface area contributed by atoms with Crippen LogP contribution in [0.1, 0.15) is 22.6 Å². The van der Waals surface area contributed by atoms with Crippen LogP contribution >= 0.6 is 11.3 Å². The summed E-state index contributed by atoms with van der Waals surface area (Å²) in [5.74, 6) is 0.464. The molecule has 1 aromatic heterocycles. The van der Waals surface area contributed by atoms with Crippen LogP contribution in [-0.2, 0) is 16.6 Å². The maximum atomic E-state index is 12.5. The van der Waals surface area contributed by atoms with Crippen molar-refractivity contribution < 1.29 is 13.5 Å². The summed E-state index contributed by atoms with van der Waals surface area (Å²) in [5, 5.41) is 9.14. The van der Waals surface area contributed by atoms with Gasteiger partial charge in [-0.25, -0.2) is 13.1 Å². The first-order valence-corrected chi connectivity index (χ1v) is 9.24.